The number of piperazine rings is 3. The molecular formula is C43H68FK2N9O7. The second-order valence-corrected chi connectivity index (χ2v) is 15.8. The summed E-state index contributed by atoms with van der Waals surface area (Å²) in [5.74, 6) is -0.451. The van der Waals surface area contributed by atoms with Crippen LogP contribution in [0.2, 0.25) is 0 Å². The van der Waals surface area contributed by atoms with Crippen LogP contribution in [0.25, 0.3) is 0 Å². The van der Waals surface area contributed by atoms with Gasteiger partial charge in [0.1, 0.15) is 5.82 Å². The van der Waals surface area contributed by atoms with E-state index in [2.05, 4.69) is 95.3 Å². The summed E-state index contributed by atoms with van der Waals surface area (Å²) in [6.07, 6.45) is 0. The predicted octanol–water partition coefficient (Wildman–Crippen LogP) is -0.561. The van der Waals surface area contributed by atoms with Crippen LogP contribution in [0.5, 0.6) is 0 Å². The smallest absolute Gasteiger partial charge is 1.00 e. The molecule has 0 radical (unpaired) electrons. The summed E-state index contributed by atoms with van der Waals surface area (Å²) in [6.45, 7) is 32.0. The molecule has 19 heteroatoms. The van der Waals surface area contributed by atoms with Gasteiger partial charge in [-0.15, -0.1) is 0 Å². The van der Waals surface area contributed by atoms with Crippen molar-refractivity contribution < 1.29 is 133 Å². The van der Waals surface area contributed by atoms with Crippen molar-refractivity contribution in [3.05, 3.63) is 97.3 Å². The predicted molar refractivity (Wildman–Crippen MR) is 237 cm³/mol. The number of nitro benzene ring substituents is 2. The first-order valence-corrected chi connectivity index (χ1v) is 20.6. The molecule has 3 aliphatic heterocycles. The third-order valence-corrected chi connectivity index (χ3v) is 10.7. The van der Waals surface area contributed by atoms with E-state index in [0.29, 0.717) is 17.6 Å². The quantitative estimate of drug-likeness (QED) is 0.0731. The number of benzene rings is 3. The van der Waals surface area contributed by atoms with E-state index in [1.165, 1.54) is 31.3 Å². The summed E-state index contributed by atoms with van der Waals surface area (Å²) in [6, 6.07) is 17.1. The van der Waals surface area contributed by atoms with E-state index in [9.17, 15) is 24.6 Å². The van der Waals surface area contributed by atoms with Gasteiger partial charge in [0.25, 0.3) is 17.8 Å². The van der Waals surface area contributed by atoms with E-state index in [1.54, 1.807) is 13.0 Å². The van der Waals surface area contributed by atoms with Gasteiger partial charge in [-0.2, -0.15) is 0 Å². The molecule has 336 valence electrons. The molecule has 0 unspecified atom stereocenters. The van der Waals surface area contributed by atoms with Crippen LogP contribution in [0.3, 0.4) is 0 Å². The first-order chi connectivity index (χ1) is 28.4. The Morgan fingerprint density at radius 2 is 1.00 bits per heavy atom. The van der Waals surface area contributed by atoms with Gasteiger partial charge in [0.2, 0.25) is 0 Å². The number of nitrogens with one attached hydrogen (secondary N) is 1. The van der Waals surface area contributed by atoms with Crippen LogP contribution in [0.1, 0.15) is 59.7 Å². The van der Waals surface area contributed by atoms with Crippen LogP contribution >= 0.6 is 0 Å². The average Bonchev–Trinajstić information content (AvgIpc) is 3.22. The molecule has 3 heterocycles. The third-order valence-electron chi connectivity index (χ3n) is 10.7. The van der Waals surface area contributed by atoms with E-state index >= 15 is 0 Å². The van der Waals surface area contributed by atoms with Crippen molar-refractivity contribution in [3.8, 4) is 0 Å². The number of hydrogen-bond acceptors (Lipinski definition) is 14. The van der Waals surface area contributed by atoms with Crippen molar-refractivity contribution in [3.63, 3.8) is 0 Å². The first-order valence-electron chi connectivity index (χ1n) is 20.6. The van der Waals surface area contributed by atoms with Crippen LogP contribution in [0.4, 0.5) is 32.8 Å². The average molecular weight is 920 g/mol. The molecule has 3 fully saturated rings. The molecule has 3 saturated heterocycles. The SMILES string of the molecule is CC(C)N1CCNCC1.Cc1cc(F)ccc1[N+](=O)[O-].Cc1cc(N2CCN(C(C)C)CC2)ccc1N.Cc1cc(N2CCN(C(C)C)CC2)ccc1[N+](=O)[O-].O=CO[O-].[H-].[K+].[K+]. The number of hydrogen-bond donors (Lipinski definition) is 2. The number of nitro groups is 2. The maximum absolute atomic E-state index is 12.4. The number of rotatable bonds is 8. The van der Waals surface area contributed by atoms with Crippen molar-refractivity contribution in [2.24, 2.45) is 0 Å². The minimum absolute atomic E-state index is 0. The Labute approximate surface area is 454 Å². The van der Waals surface area contributed by atoms with Crippen molar-refractivity contribution >= 4 is 34.9 Å². The summed E-state index contributed by atoms with van der Waals surface area (Å²) in [5, 5.41) is 32.8. The zero-order valence-corrected chi connectivity index (χ0v) is 45.2. The number of aryl methyl sites for hydroxylation is 3. The van der Waals surface area contributed by atoms with Gasteiger partial charge in [0.05, 0.1) is 9.85 Å². The fourth-order valence-corrected chi connectivity index (χ4v) is 6.91. The minimum atomic E-state index is -0.533. The number of nitrogens with two attached hydrogens (primary N) is 1. The molecule has 0 saturated carbocycles. The van der Waals surface area contributed by atoms with Gasteiger partial charge in [0.15, 0.2) is 0 Å². The van der Waals surface area contributed by atoms with Crippen LogP contribution in [-0.2, 0) is 9.68 Å². The topological polar surface area (TPSA) is 190 Å². The molecule has 0 amide bonds. The monoisotopic (exact) mass is 919 g/mol. The fraction of sp³-hybridized carbons (Fsp3) is 0.558. The number of halogens is 1. The zero-order chi connectivity index (χ0) is 44.9. The number of nitrogens with zero attached hydrogens (tertiary/aromatic N) is 7. The Kier molecular flexibility index (Phi) is 31.2. The summed E-state index contributed by atoms with van der Waals surface area (Å²) < 4.78 is 12.4. The van der Waals surface area contributed by atoms with Gasteiger partial charge in [-0.3, -0.25) is 39.7 Å². The molecule has 3 aromatic rings. The minimum Gasteiger partial charge on any atom is -1.00 e. The number of carbonyl (C=O) groups excluding carboxylic acids is 1. The first kappa shape index (κ1) is 60.3. The van der Waals surface area contributed by atoms with Crippen LogP contribution in [0.15, 0.2) is 54.6 Å². The van der Waals surface area contributed by atoms with Crippen molar-refractivity contribution in [2.45, 2.75) is 80.4 Å². The Morgan fingerprint density at radius 1 is 0.645 bits per heavy atom. The molecule has 16 nitrogen and oxygen atoms in total. The normalized spacial score (nSPS) is 15.5. The Hall–Kier alpha value is -1.67. The molecule has 62 heavy (non-hydrogen) atoms. The molecule has 0 atom stereocenters. The van der Waals surface area contributed by atoms with Gasteiger partial charge in [-0.25, -0.2) is 4.39 Å². The molecule has 3 aliphatic rings. The van der Waals surface area contributed by atoms with E-state index in [0.717, 1.165) is 107 Å². The van der Waals surface area contributed by atoms with E-state index in [1.807, 2.05) is 18.2 Å². The number of anilines is 3. The molecule has 0 spiro atoms. The molecular weight excluding hydrogens is 852 g/mol. The summed E-state index contributed by atoms with van der Waals surface area (Å²) >= 11 is 0. The maximum atomic E-state index is 12.4. The standard InChI is InChI=1S/C14H21N3O2.C14H23N3.C7H6FNO2.C7H16N2.CH2O3.2K.H/c1-11(2)15-6-8-16(9-7-15)13-4-5-14(17(18)19)12(3)10-13;1-11(2)16-6-8-17(9-7-16)13-4-5-14(15)12(3)10-13;1-5-4-6(8)2-3-7(5)9(10)11;1-7(2)9-5-3-8-4-6-9;2-1-4-3;;;/h4-5,10-11H,6-9H2,1-3H3;4-5,10-11H,6-9,15H2,1-3H3;2-4H,1H3;7-8H,3-6H2,1-2H3;1,3H;;;/q;;;;;2*+1;-1/p-1. The Balaban J connectivity index is 0. The third kappa shape index (κ3) is 21.5. The van der Waals surface area contributed by atoms with Gasteiger partial charge >= 0.3 is 103 Å². The van der Waals surface area contributed by atoms with Crippen LogP contribution in [-0.4, -0.2) is 128 Å². The zero-order valence-electron chi connectivity index (χ0n) is 39.9. The molecule has 0 bridgehead atoms. The van der Waals surface area contributed by atoms with Crippen molar-refractivity contribution in [1.82, 2.24) is 20.0 Å². The van der Waals surface area contributed by atoms with Gasteiger partial charge in [0, 0.05) is 137 Å². The summed E-state index contributed by atoms with van der Waals surface area (Å²) in [7, 11) is 0. The van der Waals surface area contributed by atoms with Gasteiger partial charge in [-0.05, 0) is 110 Å². The number of carbonyl (C=O) groups is 1. The van der Waals surface area contributed by atoms with Crippen molar-refractivity contribution in [2.75, 3.05) is 94.1 Å². The fourth-order valence-electron chi connectivity index (χ4n) is 6.91. The van der Waals surface area contributed by atoms with Crippen molar-refractivity contribution in [1.29, 1.82) is 0 Å². The van der Waals surface area contributed by atoms with E-state index < -0.39 is 10.7 Å². The molecule has 0 aliphatic carbocycles. The second kappa shape index (κ2) is 32.1. The largest absolute Gasteiger partial charge is 1.00 e. The Morgan fingerprint density at radius 3 is 1.32 bits per heavy atom. The van der Waals surface area contributed by atoms with Crippen LogP contribution < -0.4 is 129 Å². The molecule has 0 aromatic heterocycles. The Bertz CT molecular complexity index is 1780. The molecule has 3 aromatic carbocycles. The van der Waals surface area contributed by atoms with E-state index in [-0.39, 0.29) is 127 Å². The van der Waals surface area contributed by atoms with Gasteiger partial charge in [-0.1, -0.05) is 0 Å². The number of nitrogen functional groups attached to an aromatic ring is 1. The summed E-state index contributed by atoms with van der Waals surface area (Å²) in [4.78, 5) is 43.7. The molecule has 3 N–H and O–H groups in total. The summed E-state index contributed by atoms with van der Waals surface area (Å²) in [5.41, 5.74) is 11.5. The van der Waals surface area contributed by atoms with Gasteiger partial charge < -0.3 is 32.4 Å². The second-order valence-electron chi connectivity index (χ2n) is 15.8. The van der Waals surface area contributed by atoms with E-state index in [4.69, 9.17) is 15.8 Å². The molecule has 6 rings (SSSR count). The van der Waals surface area contributed by atoms with Crippen LogP contribution in [0, 0.1) is 46.8 Å². The maximum Gasteiger partial charge on any atom is 1.00 e.